The van der Waals surface area contributed by atoms with Gasteiger partial charge in [-0.2, -0.15) is 0 Å². The molecule has 2 rings (SSSR count). The first-order chi connectivity index (χ1) is 7.86. The van der Waals surface area contributed by atoms with E-state index in [1.807, 2.05) is 30.3 Å². The van der Waals surface area contributed by atoms with Crippen LogP contribution in [0.2, 0.25) is 0 Å². The summed E-state index contributed by atoms with van der Waals surface area (Å²) in [5.41, 5.74) is 1.00. The molecule has 0 aromatic heterocycles. The van der Waals surface area contributed by atoms with E-state index in [4.69, 9.17) is 0 Å². The van der Waals surface area contributed by atoms with E-state index in [2.05, 4.69) is 5.32 Å². The van der Waals surface area contributed by atoms with Crippen LogP contribution in [-0.4, -0.2) is 18.2 Å². The molecule has 1 fully saturated rings. The summed E-state index contributed by atoms with van der Waals surface area (Å²) in [5.74, 6) is 0.836. The van der Waals surface area contributed by atoms with Gasteiger partial charge in [-0.3, -0.25) is 0 Å². The Hall–Kier alpha value is -0.860. The molecule has 1 atom stereocenters. The van der Waals surface area contributed by atoms with Gasteiger partial charge in [0.05, 0.1) is 6.10 Å². The first-order valence-electron chi connectivity index (χ1n) is 6.30. The van der Waals surface area contributed by atoms with Crippen LogP contribution < -0.4 is 5.32 Å². The lowest BCUT2D eigenvalue weighted by molar-refractivity contribution is 0.173. The molecule has 2 nitrogen and oxygen atoms in total. The summed E-state index contributed by atoms with van der Waals surface area (Å²) in [5, 5.41) is 13.3. The predicted molar refractivity (Wildman–Crippen MR) is 66.2 cm³/mol. The number of benzene rings is 1. The fraction of sp³-hybridized carbons (Fsp3) is 0.571. The van der Waals surface area contributed by atoms with Gasteiger partial charge in [0.15, 0.2) is 0 Å². The van der Waals surface area contributed by atoms with Gasteiger partial charge in [-0.25, -0.2) is 0 Å². The van der Waals surface area contributed by atoms with Crippen molar-refractivity contribution in [3.05, 3.63) is 35.9 Å². The highest BCUT2D eigenvalue weighted by atomic mass is 16.3. The highest BCUT2D eigenvalue weighted by Crippen LogP contribution is 2.23. The summed E-state index contributed by atoms with van der Waals surface area (Å²) in [7, 11) is 0. The third-order valence-electron chi connectivity index (χ3n) is 3.43. The van der Waals surface area contributed by atoms with Gasteiger partial charge in [-0.1, -0.05) is 43.2 Å². The minimum absolute atomic E-state index is 0.373. The van der Waals surface area contributed by atoms with Crippen molar-refractivity contribution >= 4 is 0 Å². The molecule has 0 radical (unpaired) electrons. The van der Waals surface area contributed by atoms with Gasteiger partial charge in [-0.05, 0) is 30.9 Å². The Morgan fingerprint density at radius 3 is 2.56 bits per heavy atom. The van der Waals surface area contributed by atoms with Gasteiger partial charge in [0, 0.05) is 6.54 Å². The van der Waals surface area contributed by atoms with Crippen LogP contribution in [0.1, 0.15) is 37.4 Å². The van der Waals surface area contributed by atoms with Gasteiger partial charge in [-0.15, -0.1) is 0 Å². The lowest BCUT2D eigenvalue weighted by Crippen LogP contribution is -2.26. The van der Waals surface area contributed by atoms with Crippen molar-refractivity contribution < 1.29 is 5.11 Å². The van der Waals surface area contributed by atoms with Crippen LogP contribution in [0.4, 0.5) is 0 Å². The second-order valence-electron chi connectivity index (χ2n) is 4.74. The molecule has 1 aromatic carbocycles. The maximum absolute atomic E-state index is 9.93. The number of aliphatic hydroxyl groups excluding tert-OH is 1. The van der Waals surface area contributed by atoms with Crippen LogP contribution in [0.3, 0.4) is 0 Å². The van der Waals surface area contributed by atoms with Crippen molar-refractivity contribution in [3.8, 4) is 0 Å². The van der Waals surface area contributed by atoms with Crippen LogP contribution in [0.15, 0.2) is 30.3 Å². The standard InChI is InChI=1S/C14H21NO/c16-14(13-8-2-1-3-9-13)11-15-10-12-6-4-5-7-12/h1-3,8-9,12,14-16H,4-7,10-11H2/t14-/m1/s1. The highest BCUT2D eigenvalue weighted by molar-refractivity contribution is 5.17. The Balaban J connectivity index is 1.69. The predicted octanol–water partition coefficient (Wildman–Crippen LogP) is 2.50. The second-order valence-corrected chi connectivity index (χ2v) is 4.74. The number of nitrogens with one attached hydrogen (secondary N) is 1. The third kappa shape index (κ3) is 3.32. The van der Waals surface area contributed by atoms with Crippen LogP contribution in [0.5, 0.6) is 0 Å². The van der Waals surface area contributed by atoms with E-state index in [0.29, 0.717) is 6.54 Å². The van der Waals surface area contributed by atoms with E-state index in [-0.39, 0.29) is 6.10 Å². The molecule has 0 amide bonds. The van der Waals surface area contributed by atoms with Gasteiger partial charge in [0.1, 0.15) is 0 Å². The molecule has 88 valence electrons. The number of hydrogen-bond acceptors (Lipinski definition) is 2. The fourth-order valence-corrected chi connectivity index (χ4v) is 2.43. The van der Waals surface area contributed by atoms with Crippen LogP contribution in [-0.2, 0) is 0 Å². The zero-order valence-corrected chi connectivity index (χ0v) is 9.73. The topological polar surface area (TPSA) is 32.3 Å². The molecule has 1 saturated carbocycles. The fourth-order valence-electron chi connectivity index (χ4n) is 2.43. The van der Waals surface area contributed by atoms with E-state index < -0.39 is 0 Å². The van der Waals surface area contributed by atoms with E-state index in [1.54, 1.807) is 0 Å². The van der Waals surface area contributed by atoms with Gasteiger partial charge < -0.3 is 10.4 Å². The first kappa shape index (κ1) is 11.6. The average molecular weight is 219 g/mol. The highest BCUT2D eigenvalue weighted by Gasteiger charge is 2.15. The van der Waals surface area contributed by atoms with Crippen LogP contribution in [0.25, 0.3) is 0 Å². The van der Waals surface area contributed by atoms with Crippen molar-refractivity contribution in [2.75, 3.05) is 13.1 Å². The smallest absolute Gasteiger partial charge is 0.0914 e. The number of hydrogen-bond donors (Lipinski definition) is 2. The third-order valence-corrected chi connectivity index (χ3v) is 3.43. The molecule has 0 spiro atoms. The number of aliphatic hydroxyl groups is 1. The molecule has 0 bridgehead atoms. The van der Waals surface area contributed by atoms with Crippen molar-refractivity contribution in [1.82, 2.24) is 5.32 Å². The van der Waals surface area contributed by atoms with Gasteiger partial charge in [0.2, 0.25) is 0 Å². The molecule has 0 saturated heterocycles. The summed E-state index contributed by atoms with van der Waals surface area (Å²) in [6, 6.07) is 9.86. The zero-order valence-electron chi connectivity index (χ0n) is 9.73. The minimum Gasteiger partial charge on any atom is -0.387 e. The van der Waals surface area contributed by atoms with Crippen molar-refractivity contribution in [2.24, 2.45) is 5.92 Å². The van der Waals surface area contributed by atoms with Gasteiger partial charge in [0.25, 0.3) is 0 Å². The Morgan fingerprint density at radius 2 is 1.88 bits per heavy atom. The summed E-state index contributed by atoms with van der Waals surface area (Å²) in [6.07, 6.45) is 5.10. The Kier molecular flexibility index (Phi) is 4.37. The van der Waals surface area contributed by atoms with E-state index in [1.165, 1.54) is 25.7 Å². The maximum Gasteiger partial charge on any atom is 0.0914 e. The Bertz CT molecular complexity index is 293. The lowest BCUT2D eigenvalue weighted by Gasteiger charge is -2.14. The molecule has 0 aliphatic heterocycles. The van der Waals surface area contributed by atoms with Crippen molar-refractivity contribution in [1.29, 1.82) is 0 Å². The summed E-state index contributed by atoms with van der Waals surface area (Å²) in [6.45, 7) is 1.73. The van der Waals surface area contributed by atoms with Crippen molar-refractivity contribution in [2.45, 2.75) is 31.8 Å². The normalized spacial score (nSPS) is 18.8. The summed E-state index contributed by atoms with van der Waals surface area (Å²) < 4.78 is 0. The Morgan fingerprint density at radius 1 is 1.19 bits per heavy atom. The molecule has 0 unspecified atom stereocenters. The molecule has 1 aromatic rings. The zero-order chi connectivity index (χ0) is 11.2. The largest absolute Gasteiger partial charge is 0.387 e. The average Bonchev–Trinajstić information content (AvgIpc) is 2.83. The molecule has 2 heteroatoms. The van der Waals surface area contributed by atoms with E-state index >= 15 is 0 Å². The quantitative estimate of drug-likeness (QED) is 0.797. The van der Waals surface area contributed by atoms with Crippen LogP contribution in [0, 0.1) is 5.92 Å². The second kappa shape index (κ2) is 6.02. The van der Waals surface area contributed by atoms with E-state index in [0.717, 1.165) is 18.0 Å². The molecular weight excluding hydrogens is 198 g/mol. The van der Waals surface area contributed by atoms with E-state index in [9.17, 15) is 5.11 Å². The number of rotatable bonds is 5. The maximum atomic E-state index is 9.93. The molecule has 1 aliphatic carbocycles. The Labute approximate surface area is 97.7 Å². The minimum atomic E-state index is -0.373. The molecular formula is C14H21NO. The summed E-state index contributed by atoms with van der Waals surface area (Å²) in [4.78, 5) is 0. The molecule has 2 N–H and O–H groups in total. The lowest BCUT2D eigenvalue weighted by atomic mass is 10.1. The van der Waals surface area contributed by atoms with Crippen LogP contribution >= 0.6 is 0 Å². The van der Waals surface area contributed by atoms with Gasteiger partial charge >= 0.3 is 0 Å². The summed E-state index contributed by atoms with van der Waals surface area (Å²) >= 11 is 0. The molecule has 16 heavy (non-hydrogen) atoms. The SMILES string of the molecule is O[C@H](CNCC1CCCC1)c1ccccc1. The molecule has 0 heterocycles. The first-order valence-corrected chi connectivity index (χ1v) is 6.30. The van der Waals surface area contributed by atoms with Crippen molar-refractivity contribution in [3.63, 3.8) is 0 Å². The molecule has 1 aliphatic rings. The monoisotopic (exact) mass is 219 g/mol.